The number of nitrogens with one attached hydrogen (secondary N) is 1. The Morgan fingerprint density at radius 1 is 1.04 bits per heavy atom. The number of imidazole rings is 1. The van der Waals surface area contributed by atoms with Gasteiger partial charge in [0.25, 0.3) is 0 Å². The van der Waals surface area contributed by atoms with Crippen molar-refractivity contribution in [1.29, 1.82) is 0 Å². The van der Waals surface area contributed by atoms with E-state index in [0.29, 0.717) is 0 Å². The standard InChI is InChI=1S/C20H22N4O/c1-15(25)16-6-8-17(9-7-16)24-12-10-23(11-13-24)14-20-21-18-4-2-3-5-19(18)22-20/h2-9H,10-14H2,1H3,(H,21,22). The molecule has 128 valence electrons. The van der Waals surface area contributed by atoms with Crippen molar-refractivity contribution >= 4 is 22.5 Å². The van der Waals surface area contributed by atoms with E-state index >= 15 is 0 Å². The van der Waals surface area contributed by atoms with Crippen molar-refractivity contribution in [3.05, 3.63) is 59.9 Å². The van der Waals surface area contributed by atoms with Crippen LogP contribution in [-0.4, -0.2) is 46.8 Å². The van der Waals surface area contributed by atoms with Crippen molar-refractivity contribution in [2.75, 3.05) is 31.1 Å². The van der Waals surface area contributed by atoms with Gasteiger partial charge in [0.2, 0.25) is 0 Å². The normalized spacial score (nSPS) is 15.6. The summed E-state index contributed by atoms with van der Waals surface area (Å²) < 4.78 is 0. The molecule has 0 spiro atoms. The molecule has 1 saturated heterocycles. The van der Waals surface area contributed by atoms with E-state index in [-0.39, 0.29) is 5.78 Å². The molecule has 5 heteroatoms. The Kier molecular flexibility index (Phi) is 4.24. The topological polar surface area (TPSA) is 52.2 Å². The molecule has 25 heavy (non-hydrogen) atoms. The van der Waals surface area contributed by atoms with E-state index in [0.717, 1.165) is 55.1 Å². The molecule has 0 aliphatic carbocycles. The SMILES string of the molecule is CC(=O)c1ccc(N2CCN(Cc3nc4ccccc4[nH]3)CC2)cc1. The third kappa shape index (κ3) is 3.42. The number of nitrogens with zero attached hydrogens (tertiary/aromatic N) is 3. The molecule has 1 aliphatic heterocycles. The average Bonchev–Trinajstić information content (AvgIpc) is 3.05. The van der Waals surface area contributed by atoms with Crippen molar-refractivity contribution in [1.82, 2.24) is 14.9 Å². The van der Waals surface area contributed by atoms with E-state index < -0.39 is 0 Å². The number of aromatic nitrogens is 2. The summed E-state index contributed by atoms with van der Waals surface area (Å²) in [7, 11) is 0. The smallest absolute Gasteiger partial charge is 0.159 e. The van der Waals surface area contributed by atoms with Gasteiger partial charge < -0.3 is 9.88 Å². The number of H-pyrrole nitrogens is 1. The van der Waals surface area contributed by atoms with Crippen molar-refractivity contribution in [3.8, 4) is 0 Å². The van der Waals surface area contributed by atoms with Gasteiger partial charge in [-0.05, 0) is 43.3 Å². The summed E-state index contributed by atoms with van der Waals surface area (Å²) in [5.41, 5.74) is 4.09. The number of hydrogen-bond donors (Lipinski definition) is 1. The highest BCUT2D eigenvalue weighted by Gasteiger charge is 2.18. The molecule has 1 N–H and O–H groups in total. The Morgan fingerprint density at radius 2 is 1.76 bits per heavy atom. The number of Topliss-reactive ketones (excluding diaryl/α,β-unsaturated/α-hetero) is 1. The number of benzene rings is 2. The molecule has 0 radical (unpaired) electrons. The first-order chi connectivity index (χ1) is 12.2. The summed E-state index contributed by atoms with van der Waals surface area (Å²) in [5.74, 6) is 1.14. The summed E-state index contributed by atoms with van der Waals surface area (Å²) >= 11 is 0. The van der Waals surface area contributed by atoms with Gasteiger partial charge in [-0.3, -0.25) is 9.69 Å². The van der Waals surface area contributed by atoms with Gasteiger partial charge in [-0.15, -0.1) is 0 Å². The first-order valence-electron chi connectivity index (χ1n) is 8.71. The van der Waals surface area contributed by atoms with Crippen LogP contribution in [0.5, 0.6) is 0 Å². The number of piperazine rings is 1. The Balaban J connectivity index is 1.37. The molecular formula is C20H22N4O. The second-order valence-corrected chi connectivity index (χ2v) is 6.57. The number of para-hydroxylation sites is 2. The number of aromatic amines is 1. The lowest BCUT2D eigenvalue weighted by atomic mass is 10.1. The number of anilines is 1. The molecular weight excluding hydrogens is 312 g/mol. The van der Waals surface area contributed by atoms with Gasteiger partial charge in [0.1, 0.15) is 5.82 Å². The van der Waals surface area contributed by atoms with Crippen LogP contribution in [0.2, 0.25) is 0 Å². The maximum absolute atomic E-state index is 11.4. The molecule has 0 atom stereocenters. The highest BCUT2D eigenvalue weighted by Crippen LogP contribution is 2.19. The molecule has 4 rings (SSSR count). The van der Waals surface area contributed by atoms with Gasteiger partial charge in [0.15, 0.2) is 5.78 Å². The number of rotatable bonds is 4. The number of fused-ring (bicyclic) bond motifs is 1. The summed E-state index contributed by atoms with van der Waals surface area (Å²) in [6, 6.07) is 16.1. The Morgan fingerprint density at radius 3 is 2.44 bits per heavy atom. The lowest BCUT2D eigenvalue weighted by Crippen LogP contribution is -2.46. The maximum atomic E-state index is 11.4. The minimum atomic E-state index is 0.113. The molecule has 0 bridgehead atoms. The second kappa shape index (κ2) is 6.69. The van der Waals surface area contributed by atoms with E-state index in [4.69, 9.17) is 0 Å². The molecule has 1 aromatic heterocycles. The number of hydrogen-bond acceptors (Lipinski definition) is 4. The number of carbonyl (C=O) groups is 1. The van der Waals surface area contributed by atoms with E-state index in [9.17, 15) is 4.79 Å². The average molecular weight is 334 g/mol. The Labute approximate surface area is 147 Å². The minimum Gasteiger partial charge on any atom is -0.369 e. The van der Waals surface area contributed by atoms with Crippen LogP contribution in [0.15, 0.2) is 48.5 Å². The van der Waals surface area contributed by atoms with Crippen molar-refractivity contribution < 1.29 is 4.79 Å². The molecule has 2 aromatic carbocycles. The highest BCUT2D eigenvalue weighted by atomic mass is 16.1. The van der Waals surface area contributed by atoms with Crippen LogP contribution in [0.1, 0.15) is 23.1 Å². The molecule has 0 saturated carbocycles. The molecule has 3 aromatic rings. The second-order valence-electron chi connectivity index (χ2n) is 6.57. The maximum Gasteiger partial charge on any atom is 0.159 e. The van der Waals surface area contributed by atoms with E-state index in [1.54, 1.807) is 6.92 Å². The van der Waals surface area contributed by atoms with Crippen LogP contribution in [0, 0.1) is 0 Å². The Bertz CT molecular complexity index is 843. The van der Waals surface area contributed by atoms with E-state index in [2.05, 4.69) is 25.8 Å². The molecule has 5 nitrogen and oxygen atoms in total. The zero-order valence-corrected chi connectivity index (χ0v) is 14.4. The van der Waals surface area contributed by atoms with Gasteiger partial charge in [-0.2, -0.15) is 0 Å². The lowest BCUT2D eigenvalue weighted by Gasteiger charge is -2.35. The van der Waals surface area contributed by atoms with Crippen LogP contribution in [0.4, 0.5) is 5.69 Å². The summed E-state index contributed by atoms with van der Waals surface area (Å²) in [5, 5.41) is 0. The number of carbonyl (C=O) groups excluding carboxylic acids is 1. The Hall–Kier alpha value is -2.66. The van der Waals surface area contributed by atoms with Gasteiger partial charge in [-0.1, -0.05) is 12.1 Å². The third-order valence-corrected chi connectivity index (χ3v) is 4.82. The molecule has 0 amide bonds. The number of ketones is 1. The predicted octanol–water partition coefficient (Wildman–Crippen LogP) is 3.09. The van der Waals surface area contributed by atoms with Gasteiger partial charge in [0.05, 0.1) is 17.6 Å². The lowest BCUT2D eigenvalue weighted by molar-refractivity contribution is 0.101. The molecule has 2 heterocycles. The van der Waals surface area contributed by atoms with Crippen molar-refractivity contribution in [2.45, 2.75) is 13.5 Å². The highest BCUT2D eigenvalue weighted by molar-refractivity contribution is 5.94. The van der Waals surface area contributed by atoms with Gasteiger partial charge >= 0.3 is 0 Å². The first-order valence-corrected chi connectivity index (χ1v) is 8.71. The fourth-order valence-electron chi connectivity index (χ4n) is 3.36. The van der Waals surface area contributed by atoms with Crippen LogP contribution in [0.3, 0.4) is 0 Å². The van der Waals surface area contributed by atoms with Gasteiger partial charge in [-0.25, -0.2) is 4.98 Å². The zero-order chi connectivity index (χ0) is 17.2. The summed E-state index contributed by atoms with van der Waals surface area (Å²) in [6.45, 7) is 6.44. The van der Waals surface area contributed by atoms with Gasteiger partial charge in [0, 0.05) is 37.4 Å². The third-order valence-electron chi connectivity index (χ3n) is 4.82. The minimum absolute atomic E-state index is 0.113. The zero-order valence-electron chi connectivity index (χ0n) is 14.4. The first kappa shape index (κ1) is 15.8. The molecule has 1 fully saturated rings. The van der Waals surface area contributed by atoms with Crippen LogP contribution in [0.25, 0.3) is 11.0 Å². The van der Waals surface area contributed by atoms with Crippen molar-refractivity contribution in [2.24, 2.45) is 0 Å². The quantitative estimate of drug-likeness (QED) is 0.745. The largest absolute Gasteiger partial charge is 0.369 e. The monoisotopic (exact) mass is 334 g/mol. The van der Waals surface area contributed by atoms with Crippen molar-refractivity contribution in [3.63, 3.8) is 0 Å². The fraction of sp³-hybridized carbons (Fsp3) is 0.300. The predicted molar refractivity (Wildman–Crippen MR) is 100 cm³/mol. The fourth-order valence-corrected chi connectivity index (χ4v) is 3.36. The molecule has 1 aliphatic rings. The summed E-state index contributed by atoms with van der Waals surface area (Å²) in [6.07, 6.45) is 0. The summed E-state index contributed by atoms with van der Waals surface area (Å²) in [4.78, 5) is 24.3. The van der Waals surface area contributed by atoms with E-state index in [1.165, 1.54) is 5.69 Å². The van der Waals surface area contributed by atoms with Crippen LogP contribution < -0.4 is 4.90 Å². The van der Waals surface area contributed by atoms with E-state index in [1.807, 2.05) is 42.5 Å². The molecule has 0 unspecified atom stereocenters. The van der Waals surface area contributed by atoms with Crippen LogP contribution in [-0.2, 0) is 6.54 Å². The van der Waals surface area contributed by atoms with Crippen LogP contribution >= 0.6 is 0 Å².